The SMILES string of the molecule is I/C=C\C=C\c1ccccc1. The molecule has 1 heteroatoms. The molecule has 0 saturated heterocycles. The molecule has 0 heterocycles. The third-order valence-electron chi connectivity index (χ3n) is 1.27. The lowest BCUT2D eigenvalue weighted by atomic mass is 10.2. The number of rotatable bonds is 2. The standard InChI is InChI=1S/C10H9I/c11-9-5-4-8-10-6-2-1-3-7-10/h1-9H/b8-4+,9-5-. The van der Waals surface area contributed by atoms with Crippen LogP contribution in [0.5, 0.6) is 0 Å². The van der Waals surface area contributed by atoms with Gasteiger partial charge in [-0.1, -0.05) is 71.2 Å². The van der Waals surface area contributed by atoms with Crippen LogP contribution >= 0.6 is 22.6 Å². The zero-order valence-electron chi connectivity index (χ0n) is 6.07. The highest BCUT2D eigenvalue weighted by Gasteiger charge is 1.78. The number of benzene rings is 1. The Labute approximate surface area is 80.8 Å². The maximum absolute atomic E-state index is 2.20. The molecule has 11 heavy (non-hydrogen) atoms. The average Bonchev–Trinajstić information content (AvgIpc) is 2.07. The van der Waals surface area contributed by atoms with Crippen LogP contribution in [0.25, 0.3) is 6.08 Å². The Morgan fingerprint density at radius 3 is 2.36 bits per heavy atom. The molecule has 0 spiro atoms. The van der Waals surface area contributed by atoms with Crippen LogP contribution < -0.4 is 0 Å². The highest BCUT2D eigenvalue weighted by atomic mass is 127. The van der Waals surface area contributed by atoms with Crippen LogP contribution in [0.4, 0.5) is 0 Å². The molecule has 0 radical (unpaired) electrons. The fourth-order valence-electron chi connectivity index (χ4n) is 0.773. The second-order valence-corrected chi connectivity index (χ2v) is 2.81. The smallest absolute Gasteiger partial charge is 0.0234 e. The molecule has 1 rings (SSSR count). The van der Waals surface area contributed by atoms with Gasteiger partial charge in [-0.2, -0.15) is 0 Å². The monoisotopic (exact) mass is 256 g/mol. The minimum atomic E-state index is 1.24. The first-order valence-corrected chi connectivity index (χ1v) is 4.66. The number of allylic oxidation sites excluding steroid dienone is 2. The second-order valence-electron chi connectivity index (χ2n) is 2.09. The largest absolute Gasteiger partial charge is 0.0622 e. The molecule has 0 saturated carbocycles. The minimum absolute atomic E-state index is 1.24. The summed E-state index contributed by atoms with van der Waals surface area (Å²) in [6.07, 6.45) is 6.12. The van der Waals surface area contributed by atoms with Crippen molar-refractivity contribution >= 4 is 28.7 Å². The van der Waals surface area contributed by atoms with Gasteiger partial charge >= 0.3 is 0 Å². The van der Waals surface area contributed by atoms with Crippen molar-refractivity contribution < 1.29 is 0 Å². The summed E-state index contributed by atoms with van der Waals surface area (Å²) in [4.78, 5) is 0. The fourth-order valence-corrected chi connectivity index (χ4v) is 1.01. The van der Waals surface area contributed by atoms with Crippen LogP contribution in [-0.2, 0) is 0 Å². The predicted molar refractivity (Wildman–Crippen MR) is 58.6 cm³/mol. The molecule has 0 nitrogen and oxygen atoms in total. The van der Waals surface area contributed by atoms with Crippen molar-refractivity contribution in [2.45, 2.75) is 0 Å². The number of hydrogen-bond donors (Lipinski definition) is 0. The summed E-state index contributed by atoms with van der Waals surface area (Å²) in [5.74, 6) is 0. The molecule has 0 aliphatic carbocycles. The summed E-state index contributed by atoms with van der Waals surface area (Å²) in [7, 11) is 0. The first-order chi connectivity index (χ1) is 5.43. The zero-order valence-corrected chi connectivity index (χ0v) is 8.23. The second kappa shape index (κ2) is 5.13. The van der Waals surface area contributed by atoms with Crippen molar-refractivity contribution in [3.63, 3.8) is 0 Å². The van der Waals surface area contributed by atoms with Crippen molar-refractivity contribution in [1.82, 2.24) is 0 Å². The normalized spacial score (nSPS) is 11.4. The Kier molecular flexibility index (Phi) is 3.98. The Bertz CT molecular complexity index is 247. The van der Waals surface area contributed by atoms with Crippen LogP contribution in [0.15, 0.2) is 46.6 Å². The first kappa shape index (κ1) is 8.53. The van der Waals surface area contributed by atoms with E-state index in [0.717, 1.165) is 0 Å². The van der Waals surface area contributed by atoms with E-state index in [-0.39, 0.29) is 0 Å². The van der Waals surface area contributed by atoms with Gasteiger partial charge in [0.15, 0.2) is 0 Å². The molecule has 0 aromatic heterocycles. The van der Waals surface area contributed by atoms with Crippen LogP contribution in [0.3, 0.4) is 0 Å². The first-order valence-electron chi connectivity index (χ1n) is 3.42. The highest BCUT2D eigenvalue weighted by molar-refractivity contribution is 14.1. The van der Waals surface area contributed by atoms with Gasteiger partial charge in [0.05, 0.1) is 0 Å². The Morgan fingerprint density at radius 2 is 1.73 bits per heavy atom. The topological polar surface area (TPSA) is 0 Å². The molecule has 0 bridgehead atoms. The van der Waals surface area contributed by atoms with E-state index in [1.165, 1.54) is 5.56 Å². The Balaban J connectivity index is 2.64. The van der Waals surface area contributed by atoms with E-state index >= 15 is 0 Å². The van der Waals surface area contributed by atoms with Gasteiger partial charge in [0.2, 0.25) is 0 Å². The maximum Gasteiger partial charge on any atom is -0.0234 e. The van der Waals surface area contributed by atoms with E-state index in [1.807, 2.05) is 34.4 Å². The Hall–Kier alpha value is -0.570. The molecule has 0 aliphatic rings. The summed E-state index contributed by atoms with van der Waals surface area (Å²) < 4.78 is 1.98. The summed E-state index contributed by atoms with van der Waals surface area (Å²) in [6, 6.07) is 10.3. The maximum atomic E-state index is 2.20. The third-order valence-corrected chi connectivity index (χ3v) is 1.69. The fraction of sp³-hybridized carbons (Fsp3) is 0. The highest BCUT2D eigenvalue weighted by Crippen LogP contribution is 2.00. The van der Waals surface area contributed by atoms with Crippen LogP contribution in [-0.4, -0.2) is 0 Å². The van der Waals surface area contributed by atoms with Gasteiger partial charge in [-0.15, -0.1) is 0 Å². The molecule has 0 N–H and O–H groups in total. The third kappa shape index (κ3) is 3.37. The lowest BCUT2D eigenvalue weighted by Crippen LogP contribution is -1.65. The Morgan fingerprint density at radius 1 is 1.00 bits per heavy atom. The van der Waals surface area contributed by atoms with Crippen LogP contribution in [0, 0.1) is 0 Å². The van der Waals surface area contributed by atoms with Gasteiger partial charge < -0.3 is 0 Å². The van der Waals surface area contributed by atoms with Gasteiger partial charge in [-0.3, -0.25) is 0 Å². The molecule has 56 valence electrons. The van der Waals surface area contributed by atoms with Gasteiger partial charge in [0.1, 0.15) is 0 Å². The van der Waals surface area contributed by atoms with E-state index in [4.69, 9.17) is 0 Å². The summed E-state index contributed by atoms with van der Waals surface area (Å²) in [5.41, 5.74) is 1.24. The van der Waals surface area contributed by atoms with Crippen molar-refractivity contribution in [2.24, 2.45) is 0 Å². The van der Waals surface area contributed by atoms with E-state index in [2.05, 4.69) is 40.8 Å². The van der Waals surface area contributed by atoms with E-state index < -0.39 is 0 Å². The molecule has 1 aromatic carbocycles. The van der Waals surface area contributed by atoms with Crippen LogP contribution in [0.1, 0.15) is 5.56 Å². The lowest BCUT2D eigenvalue weighted by Gasteiger charge is -1.87. The number of hydrogen-bond acceptors (Lipinski definition) is 0. The van der Waals surface area contributed by atoms with Crippen molar-refractivity contribution in [3.8, 4) is 0 Å². The van der Waals surface area contributed by atoms with Crippen molar-refractivity contribution in [1.29, 1.82) is 0 Å². The molecule has 0 fully saturated rings. The quantitative estimate of drug-likeness (QED) is 0.559. The summed E-state index contributed by atoms with van der Waals surface area (Å²) >= 11 is 2.20. The molecule has 0 atom stereocenters. The average molecular weight is 256 g/mol. The van der Waals surface area contributed by atoms with Gasteiger partial charge in [0, 0.05) is 0 Å². The van der Waals surface area contributed by atoms with E-state index in [1.54, 1.807) is 0 Å². The molecule has 0 amide bonds. The molecular weight excluding hydrogens is 247 g/mol. The van der Waals surface area contributed by atoms with Gasteiger partial charge in [-0.05, 0) is 9.65 Å². The molecular formula is C10H9I. The van der Waals surface area contributed by atoms with Crippen molar-refractivity contribution in [2.75, 3.05) is 0 Å². The minimum Gasteiger partial charge on any atom is -0.0622 e. The van der Waals surface area contributed by atoms with Crippen molar-refractivity contribution in [3.05, 3.63) is 52.1 Å². The van der Waals surface area contributed by atoms with Crippen LogP contribution in [0.2, 0.25) is 0 Å². The van der Waals surface area contributed by atoms with Gasteiger partial charge in [0.25, 0.3) is 0 Å². The van der Waals surface area contributed by atoms with Gasteiger partial charge in [-0.25, -0.2) is 0 Å². The molecule has 0 unspecified atom stereocenters. The van der Waals surface area contributed by atoms with E-state index in [0.29, 0.717) is 0 Å². The zero-order chi connectivity index (χ0) is 7.94. The lowest BCUT2D eigenvalue weighted by molar-refractivity contribution is 1.66. The van der Waals surface area contributed by atoms with E-state index in [9.17, 15) is 0 Å². The number of halogens is 1. The predicted octanol–water partition coefficient (Wildman–Crippen LogP) is 3.65. The molecule has 1 aromatic rings. The molecule has 0 aliphatic heterocycles. The summed E-state index contributed by atoms with van der Waals surface area (Å²) in [6.45, 7) is 0. The summed E-state index contributed by atoms with van der Waals surface area (Å²) in [5, 5.41) is 0.